The van der Waals surface area contributed by atoms with Gasteiger partial charge < -0.3 is 9.73 Å². The predicted molar refractivity (Wildman–Crippen MR) is 69.9 cm³/mol. The SMILES string of the molecule is CNC(c1cc2cccc(F)c2o1)C(C)C1CC1. The fraction of sp³-hybridized carbons (Fsp3) is 0.467. The highest BCUT2D eigenvalue weighted by atomic mass is 19.1. The molecule has 0 radical (unpaired) electrons. The Morgan fingerprint density at radius 3 is 2.78 bits per heavy atom. The molecule has 1 N–H and O–H groups in total. The third kappa shape index (κ3) is 1.93. The van der Waals surface area contributed by atoms with Crippen LogP contribution in [0.3, 0.4) is 0 Å². The molecule has 0 saturated heterocycles. The average Bonchev–Trinajstić information content (AvgIpc) is 3.11. The molecule has 1 aromatic heterocycles. The molecule has 0 spiro atoms. The molecule has 2 aromatic rings. The molecule has 0 aliphatic heterocycles. The summed E-state index contributed by atoms with van der Waals surface area (Å²) in [7, 11) is 1.94. The molecule has 1 saturated carbocycles. The van der Waals surface area contributed by atoms with Gasteiger partial charge in [0.15, 0.2) is 11.4 Å². The second-order valence-corrected chi connectivity index (χ2v) is 5.27. The number of para-hydroxylation sites is 1. The Hall–Kier alpha value is -1.35. The molecule has 0 bridgehead atoms. The molecule has 3 rings (SSSR count). The molecule has 96 valence electrons. The van der Waals surface area contributed by atoms with Crippen molar-refractivity contribution >= 4 is 11.0 Å². The number of furan rings is 1. The van der Waals surface area contributed by atoms with Crippen molar-refractivity contribution in [1.29, 1.82) is 0 Å². The molecule has 2 atom stereocenters. The summed E-state index contributed by atoms with van der Waals surface area (Å²) in [4.78, 5) is 0. The van der Waals surface area contributed by atoms with Crippen LogP contribution in [0, 0.1) is 17.7 Å². The number of nitrogens with one attached hydrogen (secondary N) is 1. The number of hydrogen-bond donors (Lipinski definition) is 1. The summed E-state index contributed by atoms with van der Waals surface area (Å²) in [5, 5.41) is 4.14. The molecule has 2 nitrogen and oxygen atoms in total. The highest BCUT2D eigenvalue weighted by molar-refractivity contribution is 5.78. The lowest BCUT2D eigenvalue weighted by atomic mass is 9.95. The normalized spacial score (nSPS) is 19.1. The lowest BCUT2D eigenvalue weighted by Crippen LogP contribution is -2.24. The van der Waals surface area contributed by atoms with Gasteiger partial charge in [-0.1, -0.05) is 19.1 Å². The van der Waals surface area contributed by atoms with Crippen LogP contribution in [0.2, 0.25) is 0 Å². The first kappa shape index (κ1) is 11.7. The van der Waals surface area contributed by atoms with E-state index in [9.17, 15) is 4.39 Å². The standard InChI is InChI=1S/C15H18FNO/c1-9(10-6-7-10)14(17-2)13-8-11-4-3-5-12(16)15(11)18-13/h3-5,8-10,14,17H,6-7H2,1-2H3. The monoisotopic (exact) mass is 247 g/mol. The van der Waals surface area contributed by atoms with E-state index in [4.69, 9.17) is 4.42 Å². The van der Waals surface area contributed by atoms with Gasteiger partial charge in [-0.15, -0.1) is 0 Å². The molecule has 3 heteroatoms. The fourth-order valence-electron chi connectivity index (χ4n) is 2.76. The minimum Gasteiger partial charge on any atom is -0.456 e. The van der Waals surface area contributed by atoms with Crippen LogP contribution in [-0.4, -0.2) is 7.05 Å². The van der Waals surface area contributed by atoms with E-state index in [-0.39, 0.29) is 11.9 Å². The minimum atomic E-state index is -0.285. The fourth-order valence-corrected chi connectivity index (χ4v) is 2.76. The number of hydrogen-bond acceptors (Lipinski definition) is 2. The van der Waals surface area contributed by atoms with Crippen molar-refractivity contribution in [1.82, 2.24) is 5.32 Å². The predicted octanol–water partition coefficient (Wildman–Crippen LogP) is 3.88. The van der Waals surface area contributed by atoms with E-state index in [2.05, 4.69) is 12.2 Å². The Bertz CT molecular complexity index is 559. The Morgan fingerprint density at radius 2 is 2.17 bits per heavy atom. The lowest BCUT2D eigenvalue weighted by Gasteiger charge is -2.21. The summed E-state index contributed by atoms with van der Waals surface area (Å²) in [5.41, 5.74) is 0.371. The van der Waals surface area contributed by atoms with E-state index in [0.717, 1.165) is 17.1 Å². The van der Waals surface area contributed by atoms with Gasteiger partial charge in [0, 0.05) is 5.39 Å². The van der Waals surface area contributed by atoms with Crippen molar-refractivity contribution in [3.8, 4) is 0 Å². The van der Waals surface area contributed by atoms with Crippen molar-refractivity contribution in [2.24, 2.45) is 11.8 Å². The molecule has 2 unspecified atom stereocenters. The summed E-state index contributed by atoms with van der Waals surface area (Å²) < 4.78 is 19.3. The van der Waals surface area contributed by atoms with Crippen molar-refractivity contribution in [3.63, 3.8) is 0 Å². The first-order valence-corrected chi connectivity index (χ1v) is 6.56. The highest BCUT2D eigenvalue weighted by Crippen LogP contribution is 2.43. The Labute approximate surface area is 106 Å². The van der Waals surface area contributed by atoms with Crippen molar-refractivity contribution in [2.75, 3.05) is 7.05 Å². The van der Waals surface area contributed by atoms with Gasteiger partial charge in [-0.25, -0.2) is 4.39 Å². The van der Waals surface area contributed by atoms with E-state index in [0.29, 0.717) is 11.5 Å². The number of benzene rings is 1. The van der Waals surface area contributed by atoms with Gasteiger partial charge in [0.25, 0.3) is 0 Å². The molecular weight excluding hydrogens is 229 g/mol. The maximum Gasteiger partial charge on any atom is 0.169 e. The molecule has 0 amide bonds. The van der Waals surface area contributed by atoms with Gasteiger partial charge >= 0.3 is 0 Å². The number of fused-ring (bicyclic) bond motifs is 1. The first-order valence-electron chi connectivity index (χ1n) is 6.56. The van der Waals surface area contributed by atoms with Crippen LogP contribution in [0.5, 0.6) is 0 Å². The van der Waals surface area contributed by atoms with Crippen molar-refractivity contribution in [3.05, 3.63) is 35.8 Å². The second kappa shape index (κ2) is 4.39. The largest absolute Gasteiger partial charge is 0.456 e. The van der Waals surface area contributed by atoms with Crippen LogP contribution in [0.1, 0.15) is 31.6 Å². The van der Waals surface area contributed by atoms with Gasteiger partial charge in [0.05, 0.1) is 6.04 Å². The Kier molecular flexibility index (Phi) is 2.86. The second-order valence-electron chi connectivity index (χ2n) is 5.27. The molecule has 1 aliphatic carbocycles. The summed E-state index contributed by atoms with van der Waals surface area (Å²) in [6, 6.07) is 7.17. The van der Waals surface area contributed by atoms with Crippen molar-refractivity contribution < 1.29 is 8.81 Å². The van der Waals surface area contributed by atoms with Gasteiger partial charge in [0.1, 0.15) is 5.76 Å². The quantitative estimate of drug-likeness (QED) is 0.887. The van der Waals surface area contributed by atoms with Crippen LogP contribution < -0.4 is 5.32 Å². The highest BCUT2D eigenvalue weighted by Gasteiger charge is 2.34. The first-order chi connectivity index (χ1) is 8.70. The Balaban J connectivity index is 1.99. The van der Waals surface area contributed by atoms with Crippen LogP contribution in [0.15, 0.2) is 28.7 Å². The molecule has 18 heavy (non-hydrogen) atoms. The lowest BCUT2D eigenvalue weighted by molar-refractivity contribution is 0.320. The molecule has 1 heterocycles. The van der Waals surface area contributed by atoms with E-state index >= 15 is 0 Å². The van der Waals surface area contributed by atoms with Crippen LogP contribution in [0.25, 0.3) is 11.0 Å². The summed E-state index contributed by atoms with van der Waals surface area (Å²) >= 11 is 0. The third-order valence-corrected chi connectivity index (χ3v) is 4.02. The van der Waals surface area contributed by atoms with Gasteiger partial charge in [0.2, 0.25) is 0 Å². The molecule has 1 aromatic carbocycles. The zero-order chi connectivity index (χ0) is 12.7. The van der Waals surface area contributed by atoms with Gasteiger partial charge in [-0.3, -0.25) is 0 Å². The number of halogens is 1. The third-order valence-electron chi connectivity index (χ3n) is 4.02. The average molecular weight is 247 g/mol. The summed E-state index contributed by atoms with van der Waals surface area (Å²) in [6.07, 6.45) is 2.60. The molecular formula is C15H18FNO. The molecule has 1 aliphatic rings. The minimum absolute atomic E-state index is 0.171. The van der Waals surface area contributed by atoms with Gasteiger partial charge in [-0.2, -0.15) is 0 Å². The molecule has 1 fully saturated rings. The van der Waals surface area contributed by atoms with Crippen molar-refractivity contribution in [2.45, 2.75) is 25.8 Å². The zero-order valence-electron chi connectivity index (χ0n) is 10.7. The van der Waals surface area contributed by atoms with E-state index < -0.39 is 0 Å². The smallest absolute Gasteiger partial charge is 0.169 e. The maximum atomic E-state index is 13.6. The van der Waals surface area contributed by atoms with Crippen LogP contribution >= 0.6 is 0 Å². The van der Waals surface area contributed by atoms with E-state index in [1.54, 1.807) is 6.07 Å². The maximum absolute atomic E-state index is 13.6. The summed E-state index contributed by atoms with van der Waals surface area (Å²) in [6.45, 7) is 2.24. The van der Waals surface area contributed by atoms with Crippen LogP contribution in [-0.2, 0) is 0 Å². The summed E-state index contributed by atoms with van der Waals surface area (Å²) in [5.74, 6) is 1.86. The van der Waals surface area contributed by atoms with E-state index in [1.165, 1.54) is 18.9 Å². The van der Waals surface area contributed by atoms with Gasteiger partial charge in [-0.05, 0) is 43.9 Å². The zero-order valence-corrected chi connectivity index (χ0v) is 10.7. The van der Waals surface area contributed by atoms with Crippen LogP contribution in [0.4, 0.5) is 4.39 Å². The topological polar surface area (TPSA) is 25.2 Å². The van der Waals surface area contributed by atoms with E-state index in [1.807, 2.05) is 19.2 Å². The Morgan fingerprint density at radius 1 is 1.39 bits per heavy atom. The number of rotatable bonds is 4.